The molecule has 0 unspecified atom stereocenters. The summed E-state index contributed by atoms with van der Waals surface area (Å²) in [6.45, 7) is 1.78. The van der Waals surface area contributed by atoms with E-state index in [1.54, 1.807) is 43.8 Å². The van der Waals surface area contributed by atoms with Crippen LogP contribution in [0.3, 0.4) is 0 Å². The van der Waals surface area contributed by atoms with Crippen molar-refractivity contribution in [2.75, 3.05) is 7.11 Å². The van der Waals surface area contributed by atoms with Crippen LogP contribution in [0.5, 0.6) is 5.75 Å². The SMILES string of the molecule is COc1ccc2c(C(=O)NO)cc(C)nc2c1. The van der Waals surface area contributed by atoms with Gasteiger partial charge >= 0.3 is 0 Å². The number of fused-ring (bicyclic) bond motifs is 1. The first-order chi connectivity index (χ1) is 8.15. The lowest BCUT2D eigenvalue weighted by Crippen LogP contribution is -2.19. The Bertz CT molecular complexity index is 581. The molecule has 2 N–H and O–H groups in total. The standard InChI is InChI=1S/C12H12N2O3/c1-7-5-10(12(15)14-16)9-4-3-8(17-2)6-11(9)13-7/h3-6,16H,1-2H3,(H,14,15). The first kappa shape index (κ1) is 11.3. The molecular formula is C12H12N2O3. The second-order valence-corrected chi connectivity index (χ2v) is 3.64. The summed E-state index contributed by atoms with van der Waals surface area (Å²) in [6, 6.07) is 6.86. The Labute approximate surface area is 98.0 Å². The van der Waals surface area contributed by atoms with Crippen molar-refractivity contribution in [1.29, 1.82) is 0 Å². The number of hydrogen-bond donors (Lipinski definition) is 2. The third-order valence-corrected chi connectivity index (χ3v) is 2.49. The summed E-state index contributed by atoms with van der Waals surface area (Å²) >= 11 is 0. The number of hydrogen-bond acceptors (Lipinski definition) is 4. The van der Waals surface area contributed by atoms with Gasteiger partial charge in [0.05, 0.1) is 18.2 Å². The van der Waals surface area contributed by atoms with Crippen LogP contribution >= 0.6 is 0 Å². The molecular weight excluding hydrogens is 220 g/mol. The van der Waals surface area contributed by atoms with Gasteiger partial charge < -0.3 is 4.74 Å². The smallest absolute Gasteiger partial charge is 0.275 e. The lowest BCUT2D eigenvalue weighted by atomic mass is 10.1. The monoisotopic (exact) mass is 232 g/mol. The van der Waals surface area contributed by atoms with Gasteiger partial charge in [-0.2, -0.15) is 0 Å². The maximum absolute atomic E-state index is 11.5. The molecule has 0 saturated carbocycles. The van der Waals surface area contributed by atoms with Crippen LogP contribution in [0.2, 0.25) is 0 Å². The molecule has 0 aliphatic rings. The predicted octanol–water partition coefficient (Wildman–Crippen LogP) is 1.67. The molecule has 88 valence electrons. The molecule has 2 rings (SSSR count). The molecule has 5 nitrogen and oxygen atoms in total. The number of nitrogens with zero attached hydrogens (tertiary/aromatic N) is 1. The number of aryl methyl sites for hydroxylation is 1. The highest BCUT2D eigenvalue weighted by molar-refractivity contribution is 6.05. The van der Waals surface area contributed by atoms with Gasteiger partial charge in [0.25, 0.3) is 5.91 Å². The highest BCUT2D eigenvalue weighted by atomic mass is 16.5. The van der Waals surface area contributed by atoms with Crippen LogP contribution < -0.4 is 10.2 Å². The molecule has 1 aromatic carbocycles. The second-order valence-electron chi connectivity index (χ2n) is 3.64. The minimum absolute atomic E-state index is 0.387. The molecule has 0 bridgehead atoms. The molecule has 5 heteroatoms. The molecule has 0 spiro atoms. The Morgan fingerprint density at radius 1 is 1.41 bits per heavy atom. The average molecular weight is 232 g/mol. The van der Waals surface area contributed by atoms with Crippen molar-refractivity contribution in [3.63, 3.8) is 0 Å². The second kappa shape index (κ2) is 4.39. The van der Waals surface area contributed by atoms with Gasteiger partial charge in [-0.25, -0.2) is 5.48 Å². The maximum Gasteiger partial charge on any atom is 0.275 e. The molecule has 0 saturated heterocycles. The van der Waals surface area contributed by atoms with Crippen molar-refractivity contribution in [3.8, 4) is 5.75 Å². The van der Waals surface area contributed by atoms with Crippen LogP contribution in [0.15, 0.2) is 24.3 Å². The maximum atomic E-state index is 11.5. The van der Waals surface area contributed by atoms with Gasteiger partial charge in [-0.1, -0.05) is 0 Å². The number of rotatable bonds is 2. The first-order valence-corrected chi connectivity index (χ1v) is 5.05. The normalized spacial score (nSPS) is 10.3. The van der Waals surface area contributed by atoms with E-state index >= 15 is 0 Å². The van der Waals surface area contributed by atoms with Gasteiger partial charge in [0.15, 0.2) is 0 Å². The molecule has 0 radical (unpaired) electrons. The zero-order valence-electron chi connectivity index (χ0n) is 9.52. The third kappa shape index (κ3) is 2.05. The molecule has 1 aromatic heterocycles. The van der Waals surface area contributed by atoms with E-state index < -0.39 is 5.91 Å². The predicted molar refractivity (Wildman–Crippen MR) is 62.3 cm³/mol. The van der Waals surface area contributed by atoms with E-state index in [-0.39, 0.29) is 0 Å². The van der Waals surface area contributed by atoms with Gasteiger partial charge in [-0.3, -0.25) is 15.0 Å². The Morgan fingerprint density at radius 3 is 2.82 bits per heavy atom. The van der Waals surface area contributed by atoms with Gasteiger partial charge in [-0.05, 0) is 25.1 Å². The van der Waals surface area contributed by atoms with E-state index in [1.807, 2.05) is 0 Å². The zero-order valence-corrected chi connectivity index (χ0v) is 9.52. The fourth-order valence-electron chi connectivity index (χ4n) is 1.72. The van der Waals surface area contributed by atoms with E-state index in [4.69, 9.17) is 9.94 Å². The summed E-state index contributed by atoms with van der Waals surface area (Å²) in [7, 11) is 1.57. The largest absolute Gasteiger partial charge is 0.497 e. The average Bonchev–Trinajstić information content (AvgIpc) is 2.35. The number of pyridine rings is 1. The van der Waals surface area contributed by atoms with Crippen molar-refractivity contribution < 1.29 is 14.7 Å². The van der Waals surface area contributed by atoms with Crippen LogP contribution in [-0.2, 0) is 0 Å². The Balaban J connectivity index is 2.72. The third-order valence-electron chi connectivity index (χ3n) is 2.49. The first-order valence-electron chi connectivity index (χ1n) is 5.05. The number of amides is 1. The molecule has 0 aliphatic heterocycles. The summed E-state index contributed by atoms with van der Waals surface area (Å²) in [6.07, 6.45) is 0. The topological polar surface area (TPSA) is 71.5 Å². The number of carbonyl (C=O) groups excluding carboxylic acids is 1. The fourth-order valence-corrected chi connectivity index (χ4v) is 1.72. The van der Waals surface area contributed by atoms with Crippen molar-refractivity contribution in [2.24, 2.45) is 0 Å². The summed E-state index contributed by atoms with van der Waals surface area (Å²) in [5.74, 6) is 0.122. The van der Waals surface area contributed by atoms with E-state index in [0.717, 1.165) is 0 Å². The number of benzene rings is 1. The summed E-state index contributed by atoms with van der Waals surface area (Å²) in [5.41, 5.74) is 3.37. The van der Waals surface area contributed by atoms with Crippen LogP contribution in [0, 0.1) is 6.92 Å². The van der Waals surface area contributed by atoms with Crippen molar-refractivity contribution in [2.45, 2.75) is 6.92 Å². The molecule has 0 fully saturated rings. The Kier molecular flexibility index (Phi) is 2.93. The molecule has 0 aliphatic carbocycles. The number of hydroxylamine groups is 1. The van der Waals surface area contributed by atoms with Gasteiger partial charge in [-0.15, -0.1) is 0 Å². The zero-order chi connectivity index (χ0) is 12.4. The van der Waals surface area contributed by atoms with Crippen molar-refractivity contribution in [3.05, 3.63) is 35.5 Å². The minimum Gasteiger partial charge on any atom is -0.497 e. The number of nitrogens with one attached hydrogen (secondary N) is 1. The summed E-state index contributed by atoms with van der Waals surface area (Å²) < 4.78 is 5.10. The minimum atomic E-state index is -0.550. The van der Waals surface area contributed by atoms with E-state index in [2.05, 4.69) is 4.98 Å². The van der Waals surface area contributed by atoms with E-state index in [9.17, 15) is 4.79 Å². The van der Waals surface area contributed by atoms with Crippen molar-refractivity contribution >= 4 is 16.8 Å². The highest BCUT2D eigenvalue weighted by Gasteiger charge is 2.11. The number of methoxy groups -OCH3 is 1. The summed E-state index contributed by atoms with van der Waals surface area (Å²) in [5, 5.41) is 9.36. The Morgan fingerprint density at radius 2 is 2.18 bits per heavy atom. The molecule has 1 heterocycles. The lowest BCUT2D eigenvalue weighted by molar-refractivity contribution is 0.0708. The van der Waals surface area contributed by atoms with Crippen LogP contribution in [0.4, 0.5) is 0 Å². The quantitative estimate of drug-likeness (QED) is 0.610. The van der Waals surface area contributed by atoms with Gasteiger partial charge in [0.2, 0.25) is 0 Å². The Hall–Kier alpha value is -2.14. The number of ether oxygens (including phenoxy) is 1. The fraction of sp³-hybridized carbons (Fsp3) is 0.167. The molecule has 2 aromatic rings. The van der Waals surface area contributed by atoms with Crippen LogP contribution in [0.1, 0.15) is 16.1 Å². The molecule has 1 amide bonds. The van der Waals surface area contributed by atoms with E-state index in [0.29, 0.717) is 27.9 Å². The van der Waals surface area contributed by atoms with Gasteiger partial charge in [0, 0.05) is 17.1 Å². The van der Waals surface area contributed by atoms with Crippen molar-refractivity contribution in [1.82, 2.24) is 10.5 Å². The van der Waals surface area contributed by atoms with Gasteiger partial charge in [0.1, 0.15) is 5.75 Å². The number of aromatic nitrogens is 1. The van der Waals surface area contributed by atoms with Crippen LogP contribution in [0.25, 0.3) is 10.9 Å². The lowest BCUT2D eigenvalue weighted by Gasteiger charge is -2.07. The number of carbonyl (C=O) groups is 1. The molecule has 0 atom stereocenters. The van der Waals surface area contributed by atoms with Crippen LogP contribution in [-0.4, -0.2) is 23.2 Å². The highest BCUT2D eigenvalue weighted by Crippen LogP contribution is 2.23. The van der Waals surface area contributed by atoms with E-state index in [1.165, 1.54) is 0 Å². The summed E-state index contributed by atoms with van der Waals surface area (Å²) in [4.78, 5) is 15.8. The molecule has 17 heavy (non-hydrogen) atoms.